The molecule has 0 saturated carbocycles. The first kappa shape index (κ1) is 13.1. The van der Waals surface area contributed by atoms with Crippen molar-refractivity contribution >= 4 is 28.4 Å². The van der Waals surface area contributed by atoms with Crippen molar-refractivity contribution in [3.05, 3.63) is 52.2 Å². The molecule has 0 fully saturated rings. The highest BCUT2D eigenvalue weighted by atomic mass is 127. The quantitative estimate of drug-likeness (QED) is 0.698. The van der Waals surface area contributed by atoms with Crippen molar-refractivity contribution in [1.29, 1.82) is 0 Å². The van der Waals surface area contributed by atoms with E-state index in [1.165, 1.54) is 0 Å². The highest BCUT2D eigenvalue weighted by Crippen LogP contribution is 2.34. The third-order valence-electron chi connectivity index (χ3n) is 3.11. The summed E-state index contributed by atoms with van der Waals surface area (Å²) in [6.07, 6.45) is 1.76. The molecule has 0 amide bonds. The second-order valence-electron chi connectivity index (χ2n) is 4.46. The second-order valence-corrected chi connectivity index (χ2v) is 5.70. The number of nitrogens with two attached hydrogens (primary N) is 1. The fourth-order valence-corrected chi connectivity index (χ4v) is 2.68. The SMILES string of the molecule is Cn1nc(-c2cccc(I)c2)c(-c2ccccn2)c1N. The predicted octanol–water partition coefficient (Wildman–Crippen LogP) is 3.34. The van der Waals surface area contributed by atoms with Crippen LogP contribution in [0.1, 0.15) is 0 Å². The molecule has 0 unspecified atom stereocenters. The van der Waals surface area contributed by atoms with Gasteiger partial charge in [0.1, 0.15) is 11.5 Å². The van der Waals surface area contributed by atoms with Gasteiger partial charge in [-0.3, -0.25) is 9.67 Å². The van der Waals surface area contributed by atoms with Crippen LogP contribution in [-0.4, -0.2) is 14.8 Å². The summed E-state index contributed by atoms with van der Waals surface area (Å²) in [5, 5.41) is 4.55. The van der Waals surface area contributed by atoms with Crippen LogP contribution in [0.4, 0.5) is 5.82 Å². The zero-order valence-electron chi connectivity index (χ0n) is 10.9. The van der Waals surface area contributed by atoms with Gasteiger partial charge >= 0.3 is 0 Å². The van der Waals surface area contributed by atoms with Gasteiger partial charge in [-0.2, -0.15) is 5.10 Å². The highest BCUT2D eigenvalue weighted by Gasteiger charge is 2.18. The van der Waals surface area contributed by atoms with Crippen LogP contribution in [0.15, 0.2) is 48.7 Å². The van der Waals surface area contributed by atoms with Crippen molar-refractivity contribution in [2.24, 2.45) is 7.05 Å². The van der Waals surface area contributed by atoms with E-state index in [0.717, 1.165) is 26.1 Å². The molecule has 0 aliphatic carbocycles. The zero-order chi connectivity index (χ0) is 14.1. The van der Waals surface area contributed by atoms with Crippen molar-refractivity contribution < 1.29 is 0 Å². The summed E-state index contributed by atoms with van der Waals surface area (Å²) in [6.45, 7) is 0. The zero-order valence-corrected chi connectivity index (χ0v) is 13.1. The molecule has 100 valence electrons. The largest absolute Gasteiger partial charge is 0.383 e. The molecule has 3 rings (SSSR count). The van der Waals surface area contributed by atoms with E-state index in [-0.39, 0.29) is 0 Å². The fourth-order valence-electron chi connectivity index (χ4n) is 2.14. The maximum Gasteiger partial charge on any atom is 0.131 e. The maximum absolute atomic E-state index is 6.17. The number of benzene rings is 1. The van der Waals surface area contributed by atoms with Crippen molar-refractivity contribution in [2.45, 2.75) is 0 Å². The van der Waals surface area contributed by atoms with E-state index in [9.17, 15) is 0 Å². The van der Waals surface area contributed by atoms with E-state index < -0.39 is 0 Å². The topological polar surface area (TPSA) is 56.7 Å². The lowest BCUT2D eigenvalue weighted by Crippen LogP contribution is -1.98. The predicted molar refractivity (Wildman–Crippen MR) is 89.0 cm³/mol. The molecule has 2 heterocycles. The Morgan fingerprint density at radius 3 is 2.70 bits per heavy atom. The van der Waals surface area contributed by atoms with Crippen molar-refractivity contribution in [2.75, 3.05) is 5.73 Å². The molecule has 0 radical (unpaired) electrons. The summed E-state index contributed by atoms with van der Waals surface area (Å²) in [4.78, 5) is 4.40. The maximum atomic E-state index is 6.17. The highest BCUT2D eigenvalue weighted by molar-refractivity contribution is 14.1. The molecule has 20 heavy (non-hydrogen) atoms. The minimum Gasteiger partial charge on any atom is -0.383 e. The third kappa shape index (κ3) is 2.29. The number of rotatable bonds is 2. The molecule has 0 aliphatic heterocycles. The van der Waals surface area contributed by atoms with Crippen molar-refractivity contribution in [1.82, 2.24) is 14.8 Å². The first-order valence-electron chi connectivity index (χ1n) is 6.16. The molecule has 3 aromatic rings. The lowest BCUT2D eigenvalue weighted by atomic mass is 10.0. The van der Waals surface area contributed by atoms with Crippen LogP contribution >= 0.6 is 22.6 Å². The second kappa shape index (κ2) is 5.24. The first-order chi connectivity index (χ1) is 9.66. The van der Waals surface area contributed by atoms with Crippen LogP contribution in [0.3, 0.4) is 0 Å². The molecular weight excluding hydrogens is 363 g/mol. The molecule has 2 aromatic heterocycles. The number of nitrogen functional groups attached to an aromatic ring is 1. The van der Waals surface area contributed by atoms with Crippen molar-refractivity contribution in [3.8, 4) is 22.5 Å². The van der Waals surface area contributed by atoms with Gasteiger partial charge in [-0.05, 0) is 46.9 Å². The van der Waals surface area contributed by atoms with Gasteiger partial charge in [-0.15, -0.1) is 0 Å². The van der Waals surface area contributed by atoms with Crippen LogP contribution in [-0.2, 0) is 7.05 Å². The minimum absolute atomic E-state index is 0.623. The number of aromatic nitrogens is 3. The standard InChI is InChI=1S/C15H13IN4/c1-20-15(17)13(12-7-2-3-8-18-12)14(19-20)10-5-4-6-11(16)9-10/h2-9H,17H2,1H3. The van der Waals surface area contributed by atoms with Gasteiger partial charge in [0.2, 0.25) is 0 Å². The molecule has 0 bridgehead atoms. The van der Waals surface area contributed by atoms with E-state index in [4.69, 9.17) is 5.73 Å². The summed E-state index contributed by atoms with van der Waals surface area (Å²) in [7, 11) is 1.85. The average molecular weight is 376 g/mol. The number of aryl methyl sites for hydroxylation is 1. The number of nitrogens with zero attached hydrogens (tertiary/aromatic N) is 3. The fraction of sp³-hybridized carbons (Fsp3) is 0.0667. The van der Waals surface area contributed by atoms with E-state index >= 15 is 0 Å². The van der Waals surface area contributed by atoms with E-state index in [2.05, 4.69) is 44.8 Å². The van der Waals surface area contributed by atoms with Gasteiger partial charge in [-0.1, -0.05) is 18.2 Å². The average Bonchev–Trinajstić information content (AvgIpc) is 2.76. The molecule has 4 nitrogen and oxygen atoms in total. The van der Waals surface area contributed by atoms with Crippen LogP contribution < -0.4 is 5.73 Å². The Morgan fingerprint density at radius 2 is 2.00 bits per heavy atom. The molecule has 1 aromatic carbocycles. The molecule has 0 aliphatic rings. The molecule has 0 saturated heterocycles. The molecule has 0 atom stereocenters. The summed E-state index contributed by atoms with van der Waals surface area (Å²) in [5.41, 5.74) is 9.80. The van der Waals surface area contributed by atoms with Crippen LogP contribution in [0.5, 0.6) is 0 Å². The van der Waals surface area contributed by atoms with Gasteiger partial charge in [0.25, 0.3) is 0 Å². The molecule has 0 spiro atoms. The van der Waals surface area contributed by atoms with Gasteiger partial charge < -0.3 is 5.73 Å². The lowest BCUT2D eigenvalue weighted by molar-refractivity contribution is 0.782. The van der Waals surface area contributed by atoms with E-state index in [0.29, 0.717) is 5.82 Å². The van der Waals surface area contributed by atoms with Crippen LogP contribution in [0.2, 0.25) is 0 Å². The molecular formula is C15H13IN4. The Morgan fingerprint density at radius 1 is 1.15 bits per heavy atom. The van der Waals surface area contributed by atoms with Crippen molar-refractivity contribution in [3.63, 3.8) is 0 Å². The summed E-state index contributed by atoms with van der Waals surface area (Å²) in [5.74, 6) is 0.623. The Kier molecular flexibility index (Phi) is 3.43. The Hall–Kier alpha value is -1.89. The summed E-state index contributed by atoms with van der Waals surface area (Å²) >= 11 is 2.29. The number of pyridine rings is 1. The number of hydrogen-bond donors (Lipinski definition) is 1. The van der Waals surface area contributed by atoms with Gasteiger partial charge in [0, 0.05) is 22.4 Å². The van der Waals surface area contributed by atoms with E-state index in [1.54, 1.807) is 10.9 Å². The Balaban J connectivity index is 2.25. The normalized spacial score (nSPS) is 10.7. The monoisotopic (exact) mass is 376 g/mol. The number of halogens is 1. The van der Waals surface area contributed by atoms with E-state index in [1.807, 2.05) is 37.4 Å². The molecule has 2 N–H and O–H groups in total. The van der Waals surface area contributed by atoms with Gasteiger partial charge in [0.15, 0.2) is 0 Å². The Labute approximate surface area is 130 Å². The Bertz CT molecular complexity index is 750. The molecule has 5 heteroatoms. The number of hydrogen-bond acceptors (Lipinski definition) is 3. The minimum atomic E-state index is 0.623. The van der Waals surface area contributed by atoms with Gasteiger partial charge in [0.05, 0.1) is 11.3 Å². The van der Waals surface area contributed by atoms with Crippen LogP contribution in [0.25, 0.3) is 22.5 Å². The lowest BCUT2D eigenvalue weighted by Gasteiger charge is -2.03. The number of anilines is 1. The third-order valence-corrected chi connectivity index (χ3v) is 3.78. The van der Waals surface area contributed by atoms with Crippen LogP contribution in [0, 0.1) is 3.57 Å². The van der Waals surface area contributed by atoms with Gasteiger partial charge in [-0.25, -0.2) is 0 Å². The smallest absolute Gasteiger partial charge is 0.131 e. The summed E-state index contributed by atoms with van der Waals surface area (Å²) in [6, 6.07) is 14.0. The summed E-state index contributed by atoms with van der Waals surface area (Å²) < 4.78 is 2.86. The first-order valence-corrected chi connectivity index (χ1v) is 7.24.